The summed E-state index contributed by atoms with van der Waals surface area (Å²) in [5.74, 6) is -2.13. The molecule has 1 aliphatic rings. The van der Waals surface area contributed by atoms with Gasteiger partial charge in [-0.3, -0.25) is 4.79 Å². The minimum atomic E-state index is -3.40. The van der Waals surface area contributed by atoms with Gasteiger partial charge in [0.25, 0.3) is 0 Å². The number of sulfonamides is 1. The van der Waals surface area contributed by atoms with Crippen molar-refractivity contribution in [3.05, 3.63) is 35.4 Å². The normalized spacial score (nSPS) is 20.8. The molecule has 1 aromatic rings. The topological polar surface area (TPSA) is 75.7 Å². The van der Waals surface area contributed by atoms with Crippen LogP contribution in [0.5, 0.6) is 0 Å². The molecule has 1 heterocycles. The summed E-state index contributed by atoms with van der Waals surface area (Å²) in [6, 6.07) is 2.83. The lowest BCUT2D eigenvalue weighted by molar-refractivity contribution is -0.122. The van der Waals surface area contributed by atoms with Crippen LogP contribution >= 0.6 is 0 Å². The van der Waals surface area contributed by atoms with Crippen molar-refractivity contribution in [2.75, 3.05) is 33.1 Å². The number of amides is 1. The molecule has 0 radical (unpaired) electrons. The number of hydrogen-bond acceptors (Lipinski definition) is 4. The Morgan fingerprint density at radius 2 is 2.04 bits per heavy atom. The summed E-state index contributed by atoms with van der Waals surface area (Å²) in [7, 11) is -0.490. The quantitative estimate of drug-likeness (QED) is 0.768. The number of hydrogen-bond donors (Lipinski definition) is 1. The molecule has 1 fully saturated rings. The molecule has 2 rings (SSSR count). The fourth-order valence-corrected chi connectivity index (χ4v) is 3.76. The summed E-state index contributed by atoms with van der Waals surface area (Å²) in [4.78, 5) is 12.1. The summed E-state index contributed by atoms with van der Waals surface area (Å²) in [6.07, 6.45) is 0.151. The molecule has 1 aliphatic heterocycles. The second-order valence-corrected chi connectivity index (χ2v) is 8.50. The number of nitrogens with one attached hydrogen (secondary N) is 1. The molecule has 0 bridgehead atoms. The Labute approximate surface area is 146 Å². The Balaban J connectivity index is 1.88. The van der Waals surface area contributed by atoms with E-state index in [9.17, 15) is 22.0 Å². The van der Waals surface area contributed by atoms with E-state index in [1.165, 1.54) is 20.2 Å². The van der Waals surface area contributed by atoms with Gasteiger partial charge >= 0.3 is 0 Å². The average Bonchev–Trinajstić information content (AvgIpc) is 2.92. The fraction of sp³-hybridized carbons (Fsp3) is 0.562. The summed E-state index contributed by atoms with van der Waals surface area (Å²) in [5.41, 5.74) is 0.256. The van der Waals surface area contributed by atoms with Crippen LogP contribution in [-0.2, 0) is 26.0 Å². The lowest BCUT2D eigenvalue weighted by atomic mass is 10.1. The van der Waals surface area contributed by atoms with E-state index in [-0.39, 0.29) is 49.2 Å². The van der Waals surface area contributed by atoms with Gasteiger partial charge in [-0.1, -0.05) is 6.07 Å². The molecule has 1 amide bonds. The molecule has 25 heavy (non-hydrogen) atoms. The van der Waals surface area contributed by atoms with E-state index < -0.39 is 27.7 Å². The molecule has 0 spiro atoms. The van der Waals surface area contributed by atoms with Gasteiger partial charge < -0.3 is 10.1 Å². The molecule has 1 N–H and O–H groups in total. The summed E-state index contributed by atoms with van der Waals surface area (Å²) in [5, 5.41) is 2.75. The lowest BCUT2D eigenvalue weighted by Crippen LogP contribution is -2.43. The van der Waals surface area contributed by atoms with Crippen LogP contribution in [0, 0.1) is 17.6 Å². The monoisotopic (exact) mass is 376 g/mol. The molecule has 1 aromatic carbocycles. The molecule has 0 unspecified atom stereocenters. The maximum Gasteiger partial charge on any atom is 0.220 e. The predicted octanol–water partition coefficient (Wildman–Crippen LogP) is 0.920. The first-order valence-electron chi connectivity index (χ1n) is 7.90. The van der Waals surface area contributed by atoms with Crippen molar-refractivity contribution in [1.29, 1.82) is 0 Å². The van der Waals surface area contributed by atoms with Crippen molar-refractivity contribution in [2.45, 2.75) is 18.9 Å². The molecular weight excluding hydrogens is 354 g/mol. The van der Waals surface area contributed by atoms with Crippen LogP contribution < -0.4 is 5.32 Å². The van der Waals surface area contributed by atoms with Crippen molar-refractivity contribution >= 4 is 15.9 Å². The van der Waals surface area contributed by atoms with E-state index in [4.69, 9.17) is 4.74 Å². The van der Waals surface area contributed by atoms with E-state index in [1.807, 2.05) is 0 Å². The molecule has 0 aromatic heterocycles. The van der Waals surface area contributed by atoms with Crippen LogP contribution in [0.25, 0.3) is 0 Å². The highest BCUT2D eigenvalue weighted by atomic mass is 32.2. The number of carbonyl (C=O) groups excluding carboxylic acids is 1. The Morgan fingerprint density at radius 3 is 2.68 bits per heavy atom. The van der Waals surface area contributed by atoms with Gasteiger partial charge in [-0.05, 0) is 18.1 Å². The number of ether oxygens (including phenoxy) is 1. The molecule has 0 aliphatic carbocycles. The van der Waals surface area contributed by atoms with Crippen molar-refractivity contribution < 1.29 is 26.7 Å². The summed E-state index contributed by atoms with van der Waals surface area (Å²) < 4.78 is 56.8. The second kappa shape index (κ2) is 8.20. The smallest absolute Gasteiger partial charge is 0.220 e. The maximum absolute atomic E-state index is 13.6. The third-order valence-electron chi connectivity index (χ3n) is 4.16. The van der Waals surface area contributed by atoms with Gasteiger partial charge in [0.2, 0.25) is 15.9 Å². The molecule has 2 atom stereocenters. The maximum atomic E-state index is 13.6. The highest BCUT2D eigenvalue weighted by Gasteiger charge is 2.34. The number of rotatable bonds is 7. The van der Waals surface area contributed by atoms with Crippen LogP contribution in [-0.4, -0.2) is 57.7 Å². The van der Waals surface area contributed by atoms with Crippen molar-refractivity contribution in [1.82, 2.24) is 9.62 Å². The summed E-state index contributed by atoms with van der Waals surface area (Å²) in [6.45, 7) is 0.495. The molecule has 6 nitrogen and oxygen atoms in total. The van der Waals surface area contributed by atoms with Crippen molar-refractivity contribution in [2.24, 2.45) is 5.92 Å². The minimum Gasteiger partial charge on any atom is -0.379 e. The fourth-order valence-electron chi connectivity index (χ4n) is 2.59. The van der Waals surface area contributed by atoms with Crippen molar-refractivity contribution in [3.63, 3.8) is 0 Å². The van der Waals surface area contributed by atoms with E-state index in [2.05, 4.69) is 5.32 Å². The van der Waals surface area contributed by atoms with E-state index >= 15 is 0 Å². The second-order valence-electron chi connectivity index (χ2n) is 6.27. The third-order valence-corrected chi connectivity index (χ3v) is 6.12. The van der Waals surface area contributed by atoms with Gasteiger partial charge in [-0.25, -0.2) is 21.5 Å². The largest absolute Gasteiger partial charge is 0.379 e. The molecule has 1 saturated heterocycles. The highest BCUT2D eigenvalue weighted by molar-refractivity contribution is 7.89. The number of nitrogens with zero attached hydrogens (tertiary/aromatic N) is 1. The standard InChI is InChI=1S/C16H22F2N2O4S/c1-20(2)25(22,23)10-12-8-24-9-15(12)19-16(21)6-4-11-3-5-13(17)7-14(11)18/h3,5,7,12,15H,4,6,8-10H2,1-2H3,(H,19,21)/t12-,15-/m0/s1. The van der Waals surface area contributed by atoms with Crippen LogP contribution in [0.1, 0.15) is 12.0 Å². The van der Waals surface area contributed by atoms with Crippen LogP contribution in [0.2, 0.25) is 0 Å². The summed E-state index contributed by atoms with van der Waals surface area (Å²) >= 11 is 0. The van der Waals surface area contributed by atoms with Gasteiger partial charge in [0.15, 0.2) is 0 Å². The van der Waals surface area contributed by atoms with E-state index in [0.29, 0.717) is 0 Å². The lowest BCUT2D eigenvalue weighted by Gasteiger charge is -2.21. The minimum absolute atomic E-state index is 0.0200. The molecule has 140 valence electrons. The first-order chi connectivity index (χ1) is 11.7. The zero-order chi connectivity index (χ0) is 18.6. The molecular formula is C16H22F2N2O4S. The number of aryl methyl sites for hydroxylation is 1. The van der Waals surface area contributed by atoms with Gasteiger partial charge in [-0.2, -0.15) is 0 Å². The van der Waals surface area contributed by atoms with Gasteiger partial charge in [0.05, 0.1) is 25.0 Å². The Hall–Kier alpha value is -1.58. The number of benzene rings is 1. The van der Waals surface area contributed by atoms with E-state index in [1.54, 1.807) is 0 Å². The van der Waals surface area contributed by atoms with Gasteiger partial charge in [0.1, 0.15) is 11.6 Å². The van der Waals surface area contributed by atoms with Crippen LogP contribution in [0.15, 0.2) is 18.2 Å². The predicted molar refractivity (Wildman–Crippen MR) is 88.4 cm³/mol. The third kappa shape index (κ3) is 5.45. The number of carbonyl (C=O) groups is 1. The molecule has 9 heteroatoms. The van der Waals surface area contributed by atoms with Gasteiger partial charge in [0, 0.05) is 32.5 Å². The van der Waals surface area contributed by atoms with Crippen LogP contribution in [0.3, 0.4) is 0 Å². The SMILES string of the molecule is CN(C)S(=O)(=O)C[C@@H]1COC[C@@H]1NC(=O)CCc1ccc(F)cc1F. The first kappa shape index (κ1) is 19.7. The van der Waals surface area contributed by atoms with Crippen LogP contribution in [0.4, 0.5) is 8.78 Å². The Morgan fingerprint density at radius 1 is 1.32 bits per heavy atom. The average molecular weight is 376 g/mol. The van der Waals surface area contributed by atoms with Crippen molar-refractivity contribution in [3.8, 4) is 0 Å². The number of halogens is 2. The Kier molecular flexibility index (Phi) is 6.47. The zero-order valence-corrected chi connectivity index (χ0v) is 15.0. The van der Waals surface area contributed by atoms with E-state index in [0.717, 1.165) is 16.4 Å². The first-order valence-corrected chi connectivity index (χ1v) is 9.51. The van der Waals surface area contributed by atoms with Gasteiger partial charge in [-0.15, -0.1) is 0 Å². The Bertz CT molecular complexity index is 725. The zero-order valence-electron chi connectivity index (χ0n) is 14.2. The highest BCUT2D eigenvalue weighted by Crippen LogP contribution is 2.18. The molecule has 0 saturated carbocycles.